The van der Waals surface area contributed by atoms with E-state index in [0.717, 1.165) is 23.5 Å². The second kappa shape index (κ2) is 10.5. The van der Waals surface area contributed by atoms with Gasteiger partial charge in [-0.1, -0.05) is 44.0 Å². The first-order valence-electron chi connectivity index (χ1n) is 11.2. The highest BCUT2D eigenvalue weighted by Crippen LogP contribution is 2.33. The molecular formula is C24H34N4O3. The van der Waals surface area contributed by atoms with Crippen molar-refractivity contribution in [2.24, 2.45) is 5.92 Å². The summed E-state index contributed by atoms with van der Waals surface area (Å²) in [5, 5.41) is 2.96. The third-order valence-corrected chi connectivity index (χ3v) is 6.39. The third-order valence-electron chi connectivity index (χ3n) is 6.39. The van der Waals surface area contributed by atoms with Gasteiger partial charge in [-0.25, -0.2) is 4.79 Å². The van der Waals surface area contributed by atoms with Gasteiger partial charge in [0.15, 0.2) is 0 Å². The normalized spacial score (nSPS) is 19.2. The number of hydrogen-bond donors (Lipinski definition) is 1. The molecule has 4 amide bonds. The fourth-order valence-corrected chi connectivity index (χ4v) is 4.45. The van der Waals surface area contributed by atoms with Crippen molar-refractivity contribution >= 4 is 29.2 Å². The molecule has 7 heteroatoms. The summed E-state index contributed by atoms with van der Waals surface area (Å²) >= 11 is 0. The minimum atomic E-state index is -0.0331. The molecule has 2 heterocycles. The molecule has 1 aliphatic carbocycles. The fraction of sp³-hybridized carbons (Fsp3) is 0.542. The molecule has 1 saturated carbocycles. The van der Waals surface area contributed by atoms with E-state index < -0.39 is 0 Å². The Balaban J connectivity index is 0.000000196. The Morgan fingerprint density at radius 1 is 0.968 bits per heavy atom. The number of amides is 4. The van der Waals surface area contributed by atoms with Crippen LogP contribution in [0.3, 0.4) is 0 Å². The number of benzene rings is 1. The number of piperazine rings is 1. The van der Waals surface area contributed by atoms with Crippen LogP contribution in [0.15, 0.2) is 30.8 Å². The molecule has 1 aromatic carbocycles. The van der Waals surface area contributed by atoms with Crippen LogP contribution in [0.1, 0.15) is 51.5 Å². The second-order valence-electron chi connectivity index (χ2n) is 8.55. The highest BCUT2D eigenvalue weighted by Gasteiger charge is 2.28. The minimum absolute atomic E-state index is 0.0331. The summed E-state index contributed by atoms with van der Waals surface area (Å²) in [6.07, 6.45) is 6.40. The van der Waals surface area contributed by atoms with Gasteiger partial charge in [-0.15, -0.1) is 0 Å². The Kier molecular flexibility index (Phi) is 7.71. The molecule has 1 aromatic rings. The van der Waals surface area contributed by atoms with Gasteiger partial charge < -0.3 is 15.1 Å². The highest BCUT2D eigenvalue weighted by molar-refractivity contribution is 6.02. The number of carbonyl (C=O) groups is 3. The summed E-state index contributed by atoms with van der Waals surface area (Å²) in [6, 6.07) is 7.83. The van der Waals surface area contributed by atoms with Crippen molar-refractivity contribution in [1.29, 1.82) is 0 Å². The van der Waals surface area contributed by atoms with Crippen LogP contribution in [-0.4, -0.2) is 65.3 Å². The number of para-hydroxylation sites is 1. The summed E-state index contributed by atoms with van der Waals surface area (Å²) in [7, 11) is 0. The molecule has 3 aliphatic rings. The van der Waals surface area contributed by atoms with Crippen molar-refractivity contribution in [3.63, 3.8) is 0 Å². The summed E-state index contributed by atoms with van der Waals surface area (Å²) in [5.74, 6) is 0.818. The van der Waals surface area contributed by atoms with Crippen molar-refractivity contribution in [2.75, 3.05) is 38.0 Å². The monoisotopic (exact) mass is 426 g/mol. The SMILES string of the molecule is C=C1c2ccccc2NC(=O)N1CC1CCCCC1.CC(=O)N1CCN(C(C)=O)CC1. The number of anilines is 1. The van der Waals surface area contributed by atoms with Gasteiger partial charge in [0.05, 0.1) is 5.69 Å². The summed E-state index contributed by atoms with van der Waals surface area (Å²) in [4.78, 5) is 39.3. The highest BCUT2D eigenvalue weighted by atomic mass is 16.2. The van der Waals surface area contributed by atoms with E-state index in [4.69, 9.17) is 0 Å². The first kappa shape index (κ1) is 22.8. The molecule has 0 bridgehead atoms. The first-order chi connectivity index (χ1) is 14.9. The van der Waals surface area contributed by atoms with Gasteiger partial charge in [0.25, 0.3) is 0 Å². The van der Waals surface area contributed by atoms with Gasteiger partial charge >= 0.3 is 6.03 Å². The molecule has 4 rings (SSSR count). The summed E-state index contributed by atoms with van der Waals surface area (Å²) in [5.41, 5.74) is 2.75. The maximum Gasteiger partial charge on any atom is 0.326 e. The molecule has 0 radical (unpaired) electrons. The number of hydrogen-bond acceptors (Lipinski definition) is 3. The van der Waals surface area contributed by atoms with E-state index in [1.807, 2.05) is 29.2 Å². The Morgan fingerprint density at radius 2 is 1.52 bits per heavy atom. The smallest absolute Gasteiger partial charge is 0.326 e. The molecule has 0 spiro atoms. The van der Waals surface area contributed by atoms with E-state index in [1.165, 1.54) is 32.1 Å². The van der Waals surface area contributed by atoms with Gasteiger partial charge in [-0.3, -0.25) is 14.5 Å². The number of nitrogens with one attached hydrogen (secondary N) is 1. The van der Waals surface area contributed by atoms with Crippen LogP contribution in [-0.2, 0) is 9.59 Å². The van der Waals surface area contributed by atoms with E-state index in [9.17, 15) is 14.4 Å². The molecule has 168 valence electrons. The van der Waals surface area contributed by atoms with Gasteiger partial charge in [0, 0.05) is 57.8 Å². The maximum absolute atomic E-state index is 12.2. The molecule has 2 aliphatic heterocycles. The van der Waals surface area contributed by atoms with Crippen LogP contribution in [0.25, 0.3) is 5.70 Å². The van der Waals surface area contributed by atoms with Crippen LogP contribution in [0.4, 0.5) is 10.5 Å². The number of urea groups is 1. The van der Waals surface area contributed by atoms with Crippen LogP contribution < -0.4 is 5.32 Å². The van der Waals surface area contributed by atoms with Crippen LogP contribution >= 0.6 is 0 Å². The molecule has 0 atom stereocenters. The predicted molar refractivity (Wildman–Crippen MR) is 122 cm³/mol. The topological polar surface area (TPSA) is 73.0 Å². The number of nitrogens with zero attached hydrogens (tertiary/aromatic N) is 3. The molecule has 7 nitrogen and oxygen atoms in total. The molecule has 2 fully saturated rings. The van der Waals surface area contributed by atoms with E-state index in [0.29, 0.717) is 32.1 Å². The molecule has 1 saturated heterocycles. The number of fused-ring (bicyclic) bond motifs is 1. The van der Waals surface area contributed by atoms with Gasteiger partial charge in [0.2, 0.25) is 11.8 Å². The lowest BCUT2D eigenvalue weighted by Crippen LogP contribution is -2.49. The fourth-order valence-electron chi connectivity index (χ4n) is 4.45. The van der Waals surface area contributed by atoms with Crippen LogP contribution in [0.2, 0.25) is 0 Å². The summed E-state index contributed by atoms with van der Waals surface area (Å²) < 4.78 is 0. The largest absolute Gasteiger partial charge is 0.339 e. The van der Waals surface area contributed by atoms with Crippen molar-refractivity contribution < 1.29 is 14.4 Å². The summed E-state index contributed by atoms with van der Waals surface area (Å²) in [6.45, 7) is 10.7. The van der Waals surface area contributed by atoms with Crippen molar-refractivity contribution in [1.82, 2.24) is 14.7 Å². The maximum atomic E-state index is 12.2. The lowest BCUT2D eigenvalue weighted by molar-refractivity contribution is -0.137. The predicted octanol–water partition coefficient (Wildman–Crippen LogP) is 3.78. The van der Waals surface area contributed by atoms with E-state index in [-0.39, 0.29) is 17.8 Å². The molecular weight excluding hydrogens is 392 g/mol. The Labute approximate surface area is 185 Å². The van der Waals surface area contributed by atoms with Gasteiger partial charge in [-0.2, -0.15) is 0 Å². The quantitative estimate of drug-likeness (QED) is 0.782. The minimum Gasteiger partial charge on any atom is -0.339 e. The molecule has 1 N–H and O–H groups in total. The van der Waals surface area contributed by atoms with Crippen molar-refractivity contribution in [3.05, 3.63) is 36.4 Å². The average Bonchev–Trinajstić information content (AvgIpc) is 2.78. The number of carbonyl (C=O) groups excluding carboxylic acids is 3. The average molecular weight is 427 g/mol. The second-order valence-corrected chi connectivity index (χ2v) is 8.55. The standard InChI is InChI=1S/C16H20N2O.C8H14N2O2/c1-12-14-9-5-6-10-15(14)17-16(19)18(12)11-13-7-3-2-4-8-13;1-7(11)9-3-5-10(6-4-9)8(2)12/h5-6,9-10,13H,1-4,7-8,11H2,(H,17,19);3-6H2,1-2H3. The van der Waals surface area contributed by atoms with Gasteiger partial charge in [-0.05, 0) is 24.8 Å². The first-order valence-corrected chi connectivity index (χ1v) is 11.2. The lowest BCUT2D eigenvalue weighted by atomic mass is 9.88. The Morgan fingerprint density at radius 3 is 2.06 bits per heavy atom. The number of rotatable bonds is 2. The van der Waals surface area contributed by atoms with E-state index in [2.05, 4.69) is 11.9 Å². The van der Waals surface area contributed by atoms with Crippen LogP contribution in [0.5, 0.6) is 0 Å². The van der Waals surface area contributed by atoms with Gasteiger partial charge in [0.1, 0.15) is 0 Å². The lowest BCUT2D eigenvalue weighted by Gasteiger charge is -2.34. The van der Waals surface area contributed by atoms with E-state index in [1.54, 1.807) is 23.6 Å². The zero-order valence-corrected chi connectivity index (χ0v) is 18.7. The zero-order valence-electron chi connectivity index (χ0n) is 18.7. The third kappa shape index (κ3) is 5.87. The van der Waals surface area contributed by atoms with E-state index >= 15 is 0 Å². The molecule has 0 aromatic heterocycles. The molecule has 0 unspecified atom stereocenters. The van der Waals surface area contributed by atoms with Crippen LogP contribution in [0, 0.1) is 5.92 Å². The Bertz CT molecular complexity index is 802. The molecule has 31 heavy (non-hydrogen) atoms. The van der Waals surface area contributed by atoms with Crippen molar-refractivity contribution in [2.45, 2.75) is 46.0 Å². The zero-order chi connectivity index (χ0) is 22.4. The van der Waals surface area contributed by atoms with Crippen molar-refractivity contribution in [3.8, 4) is 0 Å². The Hall–Kier alpha value is -2.83.